The summed E-state index contributed by atoms with van der Waals surface area (Å²) in [4.78, 5) is 15.3. The van der Waals surface area contributed by atoms with E-state index in [0.717, 1.165) is 44.5 Å². The molecule has 2 aromatic heterocycles. The van der Waals surface area contributed by atoms with E-state index in [1.54, 1.807) is 0 Å². The van der Waals surface area contributed by atoms with Crippen LogP contribution < -0.4 is 0 Å². The maximum absolute atomic E-state index is 5.16. The molecule has 0 atom stereocenters. The molecule has 0 spiro atoms. The molecule has 0 aliphatic heterocycles. The molecule has 0 amide bonds. The Morgan fingerprint density at radius 2 is 0.824 bits per heavy atom. The molecule has 10 rings (SSSR count). The number of nitrogens with zero attached hydrogens (tertiary/aromatic N) is 4. The summed E-state index contributed by atoms with van der Waals surface area (Å²) in [5, 5.41) is 7.29. The minimum atomic E-state index is 0.631. The first-order valence-corrected chi connectivity index (χ1v) is 17.2. The highest BCUT2D eigenvalue weighted by Crippen LogP contribution is 2.39. The van der Waals surface area contributed by atoms with Crippen LogP contribution in [0.5, 0.6) is 0 Å². The summed E-state index contributed by atoms with van der Waals surface area (Å²) in [6.07, 6.45) is 0. The Kier molecular flexibility index (Phi) is 6.78. The Morgan fingerprint density at radius 3 is 1.59 bits per heavy atom. The summed E-state index contributed by atoms with van der Waals surface area (Å²) in [6, 6.07) is 64.0. The van der Waals surface area contributed by atoms with Crippen molar-refractivity contribution in [3.8, 4) is 51.0 Å². The molecule has 0 N–H and O–H groups in total. The lowest BCUT2D eigenvalue weighted by Gasteiger charge is -2.15. The lowest BCUT2D eigenvalue weighted by atomic mass is 10.00. The second kappa shape index (κ2) is 11.9. The van der Waals surface area contributed by atoms with E-state index in [9.17, 15) is 0 Å². The first-order chi connectivity index (χ1) is 25.3. The molecule has 0 saturated carbocycles. The predicted octanol–water partition coefficient (Wildman–Crippen LogP) is 11.9. The van der Waals surface area contributed by atoms with Crippen LogP contribution in [0, 0.1) is 0 Å². The van der Waals surface area contributed by atoms with Crippen LogP contribution in [-0.2, 0) is 0 Å². The summed E-state index contributed by atoms with van der Waals surface area (Å²) in [6.45, 7) is 0. The van der Waals surface area contributed by atoms with Gasteiger partial charge in [-0.2, -0.15) is 0 Å². The number of hydrogen-bond donors (Lipinski definition) is 0. The summed E-state index contributed by atoms with van der Waals surface area (Å²) in [7, 11) is 0. The van der Waals surface area contributed by atoms with Gasteiger partial charge in [0.1, 0.15) is 0 Å². The van der Waals surface area contributed by atoms with Crippen LogP contribution in [0.3, 0.4) is 0 Å². The molecule has 4 heteroatoms. The lowest BCUT2D eigenvalue weighted by molar-refractivity contribution is 1.07. The van der Waals surface area contributed by atoms with Gasteiger partial charge in [-0.15, -0.1) is 0 Å². The van der Waals surface area contributed by atoms with E-state index in [-0.39, 0.29) is 0 Å². The summed E-state index contributed by atoms with van der Waals surface area (Å²) < 4.78 is 2.41. The molecule has 238 valence electrons. The number of hydrogen-bond acceptors (Lipinski definition) is 3. The van der Waals surface area contributed by atoms with E-state index in [0.29, 0.717) is 17.5 Å². The maximum atomic E-state index is 5.16. The van der Waals surface area contributed by atoms with Crippen molar-refractivity contribution in [2.45, 2.75) is 0 Å². The van der Waals surface area contributed by atoms with E-state index < -0.39 is 0 Å². The van der Waals surface area contributed by atoms with Gasteiger partial charge in [-0.05, 0) is 51.6 Å². The average molecular weight is 651 g/mol. The van der Waals surface area contributed by atoms with Crippen LogP contribution in [0.15, 0.2) is 182 Å². The third kappa shape index (κ3) is 4.96. The fraction of sp³-hybridized carbons (Fsp3) is 0. The topological polar surface area (TPSA) is 43.6 Å². The van der Waals surface area contributed by atoms with Crippen molar-refractivity contribution in [3.63, 3.8) is 0 Å². The third-order valence-corrected chi connectivity index (χ3v) is 9.81. The van der Waals surface area contributed by atoms with Gasteiger partial charge in [-0.25, -0.2) is 15.0 Å². The van der Waals surface area contributed by atoms with E-state index in [4.69, 9.17) is 15.0 Å². The minimum absolute atomic E-state index is 0.631. The largest absolute Gasteiger partial charge is 0.309 e. The zero-order valence-corrected chi connectivity index (χ0v) is 27.6. The molecule has 0 aliphatic rings. The standard InChI is InChI=1S/C47H30N4/c1-3-14-31(15-4-1)33-19-13-20-35(28-33)46-48-45(32-16-5-2-6-17-32)49-47(50-46)36-26-27-41-40-24-11-12-25-42(40)51(44(41)30-36)43-29-34-18-7-8-21-37(34)38-22-9-10-23-39(38)43/h1-30H. The van der Waals surface area contributed by atoms with Gasteiger partial charge in [-0.1, -0.05) is 158 Å². The van der Waals surface area contributed by atoms with Crippen LogP contribution in [-0.4, -0.2) is 19.5 Å². The van der Waals surface area contributed by atoms with Gasteiger partial charge in [0.15, 0.2) is 17.5 Å². The van der Waals surface area contributed by atoms with Gasteiger partial charge in [0, 0.05) is 32.8 Å². The van der Waals surface area contributed by atoms with E-state index in [2.05, 4.69) is 162 Å². The van der Waals surface area contributed by atoms with Gasteiger partial charge >= 0.3 is 0 Å². The Hall–Kier alpha value is -6.91. The van der Waals surface area contributed by atoms with Gasteiger partial charge in [0.2, 0.25) is 0 Å². The van der Waals surface area contributed by atoms with Crippen LogP contribution in [0.1, 0.15) is 0 Å². The summed E-state index contributed by atoms with van der Waals surface area (Å²) in [5.41, 5.74) is 8.48. The Morgan fingerprint density at radius 1 is 0.294 bits per heavy atom. The van der Waals surface area contributed by atoms with Crippen LogP contribution >= 0.6 is 0 Å². The van der Waals surface area contributed by atoms with Crippen molar-refractivity contribution in [2.75, 3.05) is 0 Å². The smallest absolute Gasteiger partial charge is 0.164 e. The Bertz CT molecular complexity index is 2910. The molecule has 0 bridgehead atoms. The van der Waals surface area contributed by atoms with E-state index in [1.165, 1.54) is 32.3 Å². The molecule has 0 saturated heterocycles. The van der Waals surface area contributed by atoms with Crippen LogP contribution in [0.4, 0.5) is 0 Å². The molecule has 10 aromatic rings. The van der Waals surface area contributed by atoms with Crippen molar-refractivity contribution in [2.24, 2.45) is 0 Å². The number of fused-ring (bicyclic) bond motifs is 6. The van der Waals surface area contributed by atoms with Gasteiger partial charge in [-0.3, -0.25) is 0 Å². The van der Waals surface area contributed by atoms with Crippen molar-refractivity contribution < 1.29 is 0 Å². The molecule has 2 heterocycles. The van der Waals surface area contributed by atoms with Crippen molar-refractivity contribution in [1.82, 2.24) is 19.5 Å². The first-order valence-electron chi connectivity index (χ1n) is 17.2. The highest BCUT2D eigenvalue weighted by molar-refractivity contribution is 6.15. The minimum Gasteiger partial charge on any atom is -0.309 e. The summed E-state index contributed by atoms with van der Waals surface area (Å²) >= 11 is 0. The van der Waals surface area contributed by atoms with E-state index >= 15 is 0 Å². The number of rotatable bonds is 5. The zero-order chi connectivity index (χ0) is 33.7. The monoisotopic (exact) mass is 650 g/mol. The van der Waals surface area contributed by atoms with Gasteiger partial charge < -0.3 is 4.57 Å². The highest BCUT2D eigenvalue weighted by Gasteiger charge is 2.18. The quantitative estimate of drug-likeness (QED) is 0.174. The van der Waals surface area contributed by atoms with Crippen molar-refractivity contribution in [1.29, 1.82) is 0 Å². The molecule has 0 unspecified atom stereocenters. The Labute approximate surface area is 295 Å². The molecule has 4 nitrogen and oxygen atoms in total. The van der Waals surface area contributed by atoms with Crippen molar-refractivity contribution >= 4 is 43.4 Å². The van der Waals surface area contributed by atoms with Crippen LogP contribution in [0.25, 0.3) is 94.3 Å². The second-order valence-corrected chi connectivity index (χ2v) is 12.9. The predicted molar refractivity (Wildman–Crippen MR) is 211 cm³/mol. The number of para-hydroxylation sites is 1. The van der Waals surface area contributed by atoms with E-state index in [1.807, 2.05) is 24.3 Å². The fourth-order valence-corrected chi connectivity index (χ4v) is 7.41. The van der Waals surface area contributed by atoms with Crippen molar-refractivity contribution in [3.05, 3.63) is 182 Å². The SMILES string of the molecule is c1ccc(-c2cccc(-c3nc(-c4ccccc4)nc(-c4ccc5c6ccccc6n(-c6cc7ccccc7c7ccccc67)c5c4)n3)c2)cc1. The highest BCUT2D eigenvalue weighted by atomic mass is 15.0. The molecule has 0 fully saturated rings. The molecule has 0 radical (unpaired) electrons. The molecule has 51 heavy (non-hydrogen) atoms. The maximum Gasteiger partial charge on any atom is 0.164 e. The second-order valence-electron chi connectivity index (χ2n) is 12.9. The summed E-state index contributed by atoms with van der Waals surface area (Å²) in [5.74, 6) is 1.91. The molecule has 0 aliphatic carbocycles. The third-order valence-electron chi connectivity index (χ3n) is 9.81. The van der Waals surface area contributed by atoms with Gasteiger partial charge in [0.25, 0.3) is 0 Å². The Balaban J connectivity index is 1.22. The first kappa shape index (κ1) is 29.0. The van der Waals surface area contributed by atoms with Gasteiger partial charge in [0.05, 0.1) is 16.7 Å². The zero-order valence-electron chi connectivity index (χ0n) is 27.6. The molecular formula is C47H30N4. The fourth-order valence-electron chi connectivity index (χ4n) is 7.41. The normalized spacial score (nSPS) is 11.5. The number of aromatic nitrogens is 4. The average Bonchev–Trinajstić information content (AvgIpc) is 3.54. The molecular weight excluding hydrogens is 621 g/mol. The lowest BCUT2D eigenvalue weighted by Crippen LogP contribution is -2.01. The number of benzene rings is 8. The van der Waals surface area contributed by atoms with Crippen LogP contribution in [0.2, 0.25) is 0 Å². The molecule has 8 aromatic carbocycles.